The van der Waals surface area contributed by atoms with Crippen molar-refractivity contribution in [1.29, 1.82) is 0 Å². The van der Waals surface area contributed by atoms with Crippen molar-refractivity contribution >= 4 is 49.3 Å². The number of para-hydroxylation sites is 1. The van der Waals surface area contributed by atoms with Crippen molar-refractivity contribution in [3.05, 3.63) is 169 Å². The number of aromatic nitrogens is 3. The first-order chi connectivity index (χ1) is 23.3. The topological polar surface area (TPSA) is 54.8 Å². The second-order valence-corrected chi connectivity index (χ2v) is 12.1. The summed E-state index contributed by atoms with van der Waals surface area (Å²) >= 11 is 0. The van der Waals surface area contributed by atoms with Gasteiger partial charge in [0.05, 0.1) is 11.0 Å². The first-order valence-corrected chi connectivity index (χ1v) is 16.0. The number of hydrogen-bond acceptors (Lipinski definition) is 4. The van der Waals surface area contributed by atoms with Gasteiger partial charge in [0.1, 0.15) is 0 Å². The molecule has 0 fully saturated rings. The Labute approximate surface area is 272 Å². The van der Waals surface area contributed by atoms with E-state index in [2.05, 4.69) is 141 Å². The number of nitrogens with zero attached hydrogens (tertiary/aromatic N) is 3. The van der Waals surface area contributed by atoms with Gasteiger partial charge in [-0.3, -0.25) is 9.97 Å². The van der Waals surface area contributed by atoms with Crippen LogP contribution < -0.4 is 10.6 Å². The van der Waals surface area contributed by atoms with Crippen molar-refractivity contribution in [3.63, 3.8) is 0 Å². The largest absolute Gasteiger partial charge is 0.387 e. The fraction of sp³-hybridized carbons (Fsp3) is 0.0476. The highest BCUT2D eigenvalue weighted by Gasteiger charge is 2.18. The molecule has 0 saturated heterocycles. The Morgan fingerprint density at radius 1 is 0.617 bits per heavy atom. The van der Waals surface area contributed by atoms with E-state index >= 15 is 0 Å². The number of benzene rings is 4. The van der Waals surface area contributed by atoms with E-state index in [1.54, 1.807) is 0 Å². The van der Waals surface area contributed by atoms with Crippen molar-refractivity contribution in [2.45, 2.75) is 0 Å². The zero-order valence-corrected chi connectivity index (χ0v) is 25.7. The number of rotatable bonds is 5. The normalized spacial score (nSPS) is 14.4. The molecule has 0 aliphatic carbocycles. The third kappa shape index (κ3) is 4.80. The quantitative estimate of drug-likeness (QED) is 0.206. The molecule has 9 rings (SSSR count). The summed E-state index contributed by atoms with van der Waals surface area (Å²) in [7, 11) is 0. The summed E-state index contributed by atoms with van der Waals surface area (Å²) in [5, 5.41) is 11.6. The van der Waals surface area contributed by atoms with Crippen molar-refractivity contribution in [1.82, 2.24) is 25.2 Å². The van der Waals surface area contributed by atoms with Gasteiger partial charge in [0.15, 0.2) is 0 Å². The summed E-state index contributed by atoms with van der Waals surface area (Å²) < 4.78 is 2.43. The van der Waals surface area contributed by atoms with Crippen LogP contribution in [0.4, 0.5) is 0 Å². The molecule has 5 heteroatoms. The van der Waals surface area contributed by atoms with E-state index in [9.17, 15) is 0 Å². The van der Waals surface area contributed by atoms with E-state index in [-0.39, 0.29) is 0 Å². The fourth-order valence-corrected chi connectivity index (χ4v) is 6.92. The lowest BCUT2D eigenvalue weighted by atomic mass is 9.96. The Balaban J connectivity index is 1.20. The zero-order chi connectivity index (χ0) is 31.2. The van der Waals surface area contributed by atoms with Gasteiger partial charge in [-0.2, -0.15) is 0 Å². The van der Waals surface area contributed by atoms with Crippen LogP contribution >= 0.6 is 0 Å². The molecule has 0 unspecified atom stereocenters. The lowest BCUT2D eigenvalue weighted by Gasteiger charge is -2.17. The average molecular weight is 606 g/mol. The van der Waals surface area contributed by atoms with Crippen LogP contribution in [0.1, 0.15) is 16.7 Å². The molecule has 2 N–H and O–H groups in total. The fourth-order valence-electron chi connectivity index (χ4n) is 6.92. The predicted molar refractivity (Wildman–Crippen MR) is 195 cm³/mol. The maximum Gasteiger partial charge on any atom is 0.0619 e. The minimum absolute atomic E-state index is 0.771. The molecule has 4 aromatic carbocycles. The molecule has 0 bridgehead atoms. The van der Waals surface area contributed by atoms with Crippen molar-refractivity contribution in [3.8, 4) is 16.8 Å². The molecule has 0 saturated carbocycles. The van der Waals surface area contributed by atoms with E-state index in [1.807, 2.05) is 37.1 Å². The number of allylic oxidation sites excluding steroid dienone is 4. The lowest BCUT2D eigenvalue weighted by molar-refractivity contribution is 0.975. The minimum atomic E-state index is 0.771. The molecule has 224 valence electrons. The first-order valence-electron chi connectivity index (χ1n) is 16.0. The van der Waals surface area contributed by atoms with E-state index in [0.29, 0.717) is 0 Å². The van der Waals surface area contributed by atoms with Crippen LogP contribution in [0.25, 0.3) is 66.1 Å². The molecular formula is C42H31N5. The summed E-state index contributed by atoms with van der Waals surface area (Å²) in [6.45, 7) is 1.60. The molecule has 5 nitrogen and oxygen atoms in total. The Morgan fingerprint density at radius 3 is 2.34 bits per heavy atom. The highest BCUT2D eigenvalue weighted by Crippen LogP contribution is 2.39. The van der Waals surface area contributed by atoms with Gasteiger partial charge in [0, 0.05) is 82.6 Å². The van der Waals surface area contributed by atoms with Gasteiger partial charge in [0.2, 0.25) is 0 Å². The average Bonchev–Trinajstić information content (AvgIpc) is 3.50. The molecule has 0 atom stereocenters. The molecule has 47 heavy (non-hydrogen) atoms. The molecule has 7 aromatic rings. The van der Waals surface area contributed by atoms with Crippen LogP contribution in [-0.2, 0) is 0 Å². The minimum Gasteiger partial charge on any atom is -0.387 e. The van der Waals surface area contributed by atoms with Crippen LogP contribution in [0.5, 0.6) is 0 Å². The second-order valence-electron chi connectivity index (χ2n) is 12.1. The standard InChI is InChI=1S/C42H31N5/c1-2-6-37(7-3-1)47-41-22-30(35-21-36(27-46-26-35)32-5-4-16-44-23-32)9-12-39(41)40-13-10-31-19-29(8-11-38(31)42(40)47)34-20-33(24-45-25-34)28-14-17-43-18-15-28/h1-17,19-25,27,43,46H,18,26H2. The van der Waals surface area contributed by atoms with Crippen molar-refractivity contribution < 1.29 is 0 Å². The van der Waals surface area contributed by atoms with Crippen LogP contribution in [0.15, 0.2) is 152 Å². The molecule has 3 aromatic heterocycles. The van der Waals surface area contributed by atoms with Gasteiger partial charge in [-0.1, -0.05) is 66.7 Å². The van der Waals surface area contributed by atoms with Crippen molar-refractivity contribution in [2.75, 3.05) is 13.1 Å². The third-order valence-corrected chi connectivity index (χ3v) is 9.23. The number of nitrogens with one attached hydrogen (secondary N) is 2. The number of fused-ring (bicyclic) bond motifs is 5. The SMILES string of the molecule is C1=CC(c2cncc(-c3ccc4c(ccc5c6ccc(C7=CC(c8cccnc8)=CNC7)cc6n(-c6ccccc6)c45)c3)c2)=CCN1. The highest BCUT2D eigenvalue weighted by atomic mass is 15.0. The zero-order valence-electron chi connectivity index (χ0n) is 25.7. The Hall–Kier alpha value is -6.20. The smallest absolute Gasteiger partial charge is 0.0619 e. The number of pyridine rings is 2. The molecular weight excluding hydrogens is 574 g/mol. The van der Waals surface area contributed by atoms with E-state index < -0.39 is 0 Å². The summed E-state index contributed by atoms with van der Waals surface area (Å²) in [6, 6.07) is 35.3. The third-order valence-electron chi connectivity index (χ3n) is 9.23. The van der Waals surface area contributed by atoms with Gasteiger partial charge >= 0.3 is 0 Å². The monoisotopic (exact) mass is 605 g/mol. The Morgan fingerprint density at radius 2 is 1.47 bits per heavy atom. The predicted octanol–water partition coefficient (Wildman–Crippen LogP) is 8.92. The highest BCUT2D eigenvalue weighted by molar-refractivity contribution is 6.19. The summed E-state index contributed by atoms with van der Waals surface area (Å²) in [5.41, 5.74) is 12.8. The van der Waals surface area contributed by atoms with Crippen LogP contribution in [0.2, 0.25) is 0 Å². The lowest BCUT2D eigenvalue weighted by Crippen LogP contribution is -2.14. The molecule has 2 aliphatic rings. The molecule has 5 heterocycles. The maximum absolute atomic E-state index is 4.60. The van der Waals surface area contributed by atoms with Gasteiger partial charge in [-0.15, -0.1) is 0 Å². The molecule has 0 spiro atoms. The van der Waals surface area contributed by atoms with Gasteiger partial charge in [-0.05, 0) is 88.0 Å². The van der Waals surface area contributed by atoms with Gasteiger partial charge in [-0.25, -0.2) is 0 Å². The van der Waals surface area contributed by atoms with E-state index in [1.165, 1.54) is 49.3 Å². The van der Waals surface area contributed by atoms with Gasteiger partial charge in [0.25, 0.3) is 0 Å². The van der Waals surface area contributed by atoms with Crippen LogP contribution in [0.3, 0.4) is 0 Å². The van der Waals surface area contributed by atoms with Crippen LogP contribution in [0, 0.1) is 0 Å². The number of dihydropyridines is 2. The number of hydrogen-bond donors (Lipinski definition) is 2. The van der Waals surface area contributed by atoms with Crippen LogP contribution in [-0.4, -0.2) is 27.6 Å². The van der Waals surface area contributed by atoms with Crippen molar-refractivity contribution in [2.24, 2.45) is 0 Å². The molecule has 0 radical (unpaired) electrons. The Kier molecular flexibility index (Phi) is 6.53. The summed E-state index contributed by atoms with van der Waals surface area (Å²) in [4.78, 5) is 8.93. The first kappa shape index (κ1) is 27.1. The maximum atomic E-state index is 4.60. The summed E-state index contributed by atoms with van der Waals surface area (Å²) in [5.74, 6) is 0. The van der Waals surface area contributed by atoms with E-state index in [4.69, 9.17) is 0 Å². The molecule has 0 amide bonds. The summed E-state index contributed by atoms with van der Waals surface area (Å²) in [6.07, 6.45) is 18.3. The molecule has 2 aliphatic heterocycles. The van der Waals surface area contributed by atoms with Gasteiger partial charge < -0.3 is 15.2 Å². The second kappa shape index (κ2) is 11.3. The van der Waals surface area contributed by atoms with E-state index in [0.717, 1.165) is 46.6 Å². The Bertz CT molecular complexity index is 2450.